The Hall–Kier alpha value is -3.42. The lowest BCUT2D eigenvalue weighted by atomic mass is 10.1. The Kier molecular flexibility index (Phi) is 6.67. The molecular weight excluding hydrogens is 338 g/mol. The number of benzene rings is 1. The molecule has 0 spiro atoms. The van der Waals surface area contributed by atoms with Gasteiger partial charge >= 0.3 is 0 Å². The molecule has 2 amide bonds. The average molecular weight is 357 g/mol. The van der Waals surface area contributed by atoms with Gasteiger partial charge in [0, 0.05) is 18.7 Å². The molecule has 8 heteroatoms. The molecule has 0 unspecified atom stereocenters. The Bertz CT molecular complexity index is 812. The number of hydrogen-bond donors (Lipinski definition) is 2. The van der Waals surface area contributed by atoms with Crippen molar-refractivity contribution in [2.45, 2.75) is 19.8 Å². The smallest absolute Gasteiger partial charge is 0.291 e. The van der Waals surface area contributed by atoms with Crippen LogP contribution in [0.3, 0.4) is 0 Å². The first-order valence-corrected chi connectivity index (χ1v) is 8.10. The third-order valence-corrected chi connectivity index (χ3v) is 3.45. The minimum atomic E-state index is -0.586. The first kappa shape index (κ1) is 18.9. The van der Waals surface area contributed by atoms with Gasteiger partial charge in [0.2, 0.25) is 0 Å². The minimum absolute atomic E-state index is 0.0250. The van der Waals surface area contributed by atoms with E-state index < -0.39 is 16.7 Å². The van der Waals surface area contributed by atoms with Crippen LogP contribution >= 0.6 is 0 Å². The summed E-state index contributed by atoms with van der Waals surface area (Å²) in [4.78, 5) is 34.9. The van der Waals surface area contributed by atoms with Gasteiger partial charge in [-0.15, -0.1) is 0 Å². The van der Waals surface area contributed by atoms with Gasteiger partial charge in [-0.25, -0.2) is 0 Å². The minimum Gasteiger partial charge on any atom is -0.459 e. The number of unbranched alkanes of at least 4 members (excludes halogenated alkanes) is 1. The maximum absolute atomic E-state index is 12.4. The van der Waals surface area contributed by atoms with E-state index in [2.05, 4.69) is 10.6 Å². The second-order valence-corrected chi connectivity index (χ2v) is 5.45. The van der Waals surface area contributed by atoms with Gasteiger partial charge < -0.3 is 15.1 Å². The molecule has 0 aliphatic carbocycles. The molecule has 0 aliphatic rings. The van der Waals surface area contributed by atoms with Crippen LogP contribution in [0.15, 0.2) is 52.8 Å². The lowest BCUT2D eigenvalue weighted by Gasteiger charge is -2.10. The molecule has 2 N–H and O–H groups in total. The van der Waals surface area contributed by atoms with E-state index in [1.807, 2.05) is 6.92 Å². The van der Waals surface area contributed by atoms with Crippen molar-refractivity contribution >= 4 is 23.6 Å². The number of non-ortho nitro benzene ring substituents is 1. The predicted molar refractivity (Wildman–Crippen MR) is 95.2 cm³/mol. The highest BCUT2D eigenvalue weighted by Crippen LogP contribution is 2.15. The first-order valence-electron chi connectivity index (χ1n) is 8.10. The summed E-state index contributed by atoms with van der Waals surface area (Å²) in [5.74, 6) is -1.02. The second kappa shape index (κ2) is 9.16. The fourth-order valence-electron chi connectivity index (χ4n) is 2.12. The third-order valence-electron chi connectivity index (χ3n) is 3.45. The number of nitrogens with one attached hydrogen (secondary N) is 2. The van der Waals surface area contributed by atoms with Gasteiger partial charge in [-0.1, -0.05) is 25.5 Å². The van der Waals surface area contributed by atoms with Crippen LogP contribution in [0.25, 0.3) is 6.08 Å². The summed E-state index contributed by atoms with van der Waals surface area (Å²) < 4.78 is 5.01. The summed E-state index contributed by atoms with van der Waals surface area (Å²) in [6.45, 7) is 2.45. The zero-order valence-electron chi connectivity index (χ0n) is 14.2. The number of nitrogens with zero attached hydrogens (tertiary/aromatic N) is 1. The lowest BCUT2D eigenvalue weighted by Crippen LogP contribution is -2.35. The van der Waals surface area contributed by atoms with Crippen LogP contribution in [0.1, 0.15) is 35.9 Å². The molecule has 1 aromatic heterocycles. The van der Waals surface area contributed by atoms with E-state index >= 15 is 0 Å². The van der Waals surface area contributed by atoms with Gasteiger partial charge in [-0.3, -0.25) is 19.7 Å². The summed E-state index contributed by atoms with van der Waals surface area (Å²) in [6, 6.07) is 8.80. The SMILES string of the molecule is CCCCNC(=O)C(=Cc1cccc([N+](=O)[O-])c1)NC(=O)c1ccco1. The second-order valence-electron chi connectivity index (χ2n) is 5.45. The summed E-state index contributed by atoms with van der Waals surface area (Å²) in [7, 11) is 0. The molecule has 0 aliphatic heterocycles. The monoisotopic (exact) mass is 357 g/mol. The maximum Gasteiger partial charge on any atom is 0.291 e. The van der Waals surface area contributed by atoms with E-state index in [4.69, 9.17) is 4.42 Å². The summed E-state index contributed by atoms with van der Waals surface area (Å²) in [5, 5.41) is 16.1. The molecule has 0 saturated carbocycles. The van der Waals surface area contributed by atoms with Crippen molar-refractivity contribution < 1.29 is 18.9 Å². The van der Waals surface area contributed by atoms with Crippen molar-refractivity contribution in [1.29, 1.82) is 0 Å². The number of carbonyl (C=O) groups excluding carboxylic acids is 2. The molecule has 0 bridgehead atoms. The van der Waals surface area contributed by atoms with Gasteiger partial charge in [0.1, 0.15) is 5.70 Å². The Morgan fingerprint density at radius 2 is 2.08 bits per heavy atom. The highest BCUT2D eigenvalue weighted by molar-refractivity contribution is 6.04. The largest absolute Gasteiger partial charge is 0.459 e. The number of nitro benzene ring substituents is 1. The highest BCUT2D eigenvalue weighted by Gasteiger charge is 2.16. The number of carbonyl (C=O) groups is 2. The number of amides is 2. The Labute approximate surface area is 150 Å². The molecule has 26 heavy (non-hydrogen) atoms. The van der Waals surface area contributed by atoms with Gasteiger partial charge in [0.25, 0.3) is 17.5 Å². The van der Waals surface area contributed by atoms with Gasteiger partial charge in [0.15, 0.2) is 5.76 Å². The quantitative estimate of drug-likeness (QED) is 0.326. The lowest BCUT2D eigenvalue weighted by molar-refractivity contribution is -0.384. The van der Waals surface area contributed by atoms with Crippen LogP contribution in [0, 0.1) is 10.1 Å². The topological polar surface area (TPSA) is 114 Å². The van der Waals surface area contributed by atoms with Crippen molar-refractivity contribution in [3.05, 3.63) is 69.8 Å². The number of hydrogen-bond acceptors (Lipinski definition) is 5. The van der Waals surface area contributed by atoms with Crippen molar-refractivity contribution in [3.63, 3.8) is 0 Å². The maximum atomic E-state index is 12.4. The number of nitro groups is 1. The van der Waals surface area contributed by atoms with Crippen LogP contribution in [-0.2, 0) is 4.79 Å². The molecule has 0 fully saturated rings. The van der Waals surface area contributed by atoms with Crippen molar-refractivity contribution in [1.82, 2.24) is 10.6 Å². The third kappa shape index (κ3) is 5.30. The molecule has 2 aromatic rings. The number of rotatable bonds is 8. The Balaban J connectivity index is 2.26. The Morgan fingerprint density at radius 3 is 2.73 bits per heavy atom. The van der Waals surface area contributed by atoms with Crippen molar-refractivity contribution in [2.24, 2.45) is 0 Å². The highest BCUT2D eigenvalue weighted by atomic mass is 16.6. The number of furan rings is 1. The zero-order chi connectivity index (χ0) is 18.9. The van der Waals surface area contributed by atoms with Crippen LogP contribution in [0.2, 0.25) is 0 Å². The molecule has 0 atom stereocenters. The zero-order valence-corrected chi connectivity index (χ0v) is 14.2. The van der Waals surface area contributed by atoms with E-state index in [9.17, 15) is 19.7 Å². The van der Waals surface area contributed by atoms with E-state index in [-0.39, 0.29) is 17.1 Å². The van der Waals surface area contributed by atoms with E-state index in [1.165, 1.54) is 36.6 Å². The standard InChI is InChI=1S/C18H19N3O5/c1-2-3-9-19-17(22)15(20-18(23)16-8-5-10-26-16)12-13-6-4-7-14(11-13)21(24)25/h4-8,10-12H,2-3,9H2,1H3,(H,19,22)(H,20,23). The molecule has 2 rings (SSSR count). The van der Waals surface area contributed by atoms with Crippen molar-refractivity contribution in [2.75, 3.05) is 6.54 Å². The van der Waals surface area contributed by atoms with Gasteiger partial charge in [-0.05, 0) is 30.2 Å². The average Bonchev–Trinajstić information content (AvgIpc) is 3.16. The van der Waals surface area contributed by atoms with E-state index in [0.717, 1.165) is 12.8 Å². The fourth-order valence-corrected chi connectivity index (χ4v) is 2.12. The summed E-state index contributed by atoms with van der Waals surface area (Å²) in [6.07, 6.45) is 4.43. The predicted octanol–water partition coefficient (Wildman–Crippen LogP) is 2.88. The van der Waals surface area contributed by atoms with Crippen LogP contribution < -0.4 is 10.6 Å². The summed E-state index contributed by atoms with van der Waals surface area (Å²) in [5.41, 5.74) is 0.282. The normalized spacial score (nSPS) is 11.0. The Morgan fingerprint density at radius 1 is 1.27 bits per heavy atom. The summed E-state index contributed by atoms with van der Waals surface area (Å²) >= 11 is 0. The molecular formula is C18H19N3O5. The molecule has 1 heterocycles. The van der Waals surface area contributed by atoms with E-state index in [0.29, 0.717) is 12.1 Å². The van der Waals surface area contributed by atoms with Crippen LogP contribution in [0.4, 0.5) is 5.69 Å². The van der Waals surface area contributed by atoms with Gasteiger partial charge in [-0.2, -0.15) is 0 Å². The molecule has 0 saturated heterocycles. The van der Waals surface area contributed by atoms with Crippen LogP contribution in [-0.4, -0.2) is 23.3 Å². The molecule has 136 valence electrons. The molecule has 1 aromatic carbocycles. The van der Waals surface area contributed by atoms with E-state index in [1.54, 1.807) is 12.1 Å². The van der Waals surface area contributed by atoms with Crippen molar-refractivity contribution in [3.8, 4) is 0 Å². The first-order chi connectivity index (χ1) is 12.5. The molecule has 8 nitrogen and oxygen atoms in total. The van der Waals surface area contributed by atoms with Gasteiger partial charge in [0.05, 0.1) is 11.2 Å². The fraction of sp³-hybridized carbons (Fsp3) is 0.222. The van der Waals surface area contributed by atoms with Crippen LogP contribution in [0.5, 0.6) is 0 Å². The molecule has 0 radical (unpaired) electrons.